The van der Waals surface area contributed by atoms with Crippen molar-refractivity contribution in [2.24, 2.45) is 0 Å². The first-order chi connectivity index (χ1) is 15.7. The van der Waals surface area contributed by atoms with Gasteiger partial charge in [-0.15, -0.1) is 10.2 Å². The van der Waals surface area contributed by atoms with Crippen molar-refractivity contribution in [2.45, 2.75) is 12.8 Å². The average molecular weight is 429 g/mol. The quantitative estimate of drug-likeness (QED) is 0.654. The number of anilines is 1. The molecule has 3 aromatic rings. The van der Waals surface area contributed by atoms with Gasteiger partial charge in [-0.3, -0.25) is 19.2 Å². The van der Waals surface area contributed by atoms with Crippen molar-refractivity contribution < 1.29 is 4.79 Å². The van der Waals surface area contributed by atoms with Crippen LogP contribution in [0.3, 0.4) is 0 Å². The summed E-state index contributed by atoms with van der Waals surface area (Å²) in [7, 11) is 0. The minimum absolute atomic E-state index is 0.0446. The van der Waals surface area contributed by atoms with E-state index in [1.807, 2.05) is 22.8 Å². The molecule has 1 fully saturated rings. The number of rotatable bonds is 6. The van der Waals surface area contributed by atoms with Crippen molar-refractivity contribution in [3.8, 4) is 5.69 Å². The number of amides is 1. The van der Waals surface area contributed by atoms with Gasteiger partial charge in [-0.1, -0.05) is 42.5 Å². The molecular weight excluding hydrogens is 400 g/mol. The molecule has 0 atom stereocenters. The summed E-state index contributed by atoms with van der Waals surface area (Å²) in [5.74, 6) is 1.03. The predicted molar refractivity (Wildman–Crippen MR) is 126 cm³/mol. The van der Waals surface area contributed by atoms with Gasteiger partial charge in [-0.2, -0.15) is 0 Å². The Morgan fingerprint density at radius 3 is 2.66 bits per heavy atom. The van der Waals surface area contributed by atoms with Crippen molar-refractivity contribution in [1.82, 2.24) is 24.6 Å². The standard InChI is InChI=1S/C25H28N6O/c32-25(27-22-9-10-23-21(17-22)8-11-24-28-26-19-31(23)24)18-30-15-13-29(14-16-30)12-4-7-20-5-2-1-3-6-20/h1-7,9-10,17,19H,8,11-16,18H2,(H,27,32)/b7-4+. The summed E-state index contributed by atoms with van der Waals surface area (Å²) >= 11 is 0. The molecule has 2 aliphatic heterocycles. The van der Waals surface area contributed by atoms with Crippen LogP contribution in [0.15, 0.2) is 60.9 Å². The van der Waals surface area contributed by atoms with Crippen molar-refractivity contribution in [3.05, 3.63) is 77.9 Å². The van der Waals surface area contributed by atoms with E-state index in [0.29, 0.717) is 6.54 Å². The summed E-state index contributed by atoms with van der Waals surface area (Å²) in [4.78, 5) is 17.3. The number of hydrogen-bond acceptors (Lipinski definition) is 5. The second-order valence-electron chi connectivity index (χ2n) is 8.40. The highest BCUT2D eigenvalue weighted by Crippen LogP contribution is 2.26. The Balaban J connectivity index is 1.09. The highest BCUT2D eigenvalue weighted by atomic mass is 16.2. The largest absolute Gasteiger partial charge is 0.325 e. The van der Waals surface area contributed by atoms with Gasteiger partial charge in [0.2, 0.25) is 5.91 Å². The molecule has 0 saturated carbocycles. The molecule has 164 valence electrons. The Morgan fingerprint density at radius 1 is 1.00 bits per heavy atom. The Labute approximate surface area is 188 Å². The molecule has 7 nitrogen and oxygen atoms in total. The lowest BCUT2D eigenvalue weighted by Crippen LogP contribution is -2.48. The van der Waals surface area contributed by atoms with Gasteiger partial charge in [-0.05, 0) is 35.7 Å². The number of aryl methyl sites for hydroxylation is 2. The summed E-state index contributed by atoms with van der Waals surface area (Å²) in [6, 6.07) is 16.4. The fourth-order valence-electron chi connectivity index (χ4n) is 4.41. The third-order valence-corrected chi connectivity index (χ3v) is 6.16. The van der Waals surface area contributed by atoms with Crippen LogP contribution >= 0.6 is 0 Å². The van der Waals surface area contributed by atoms with E-state index in [1.54, 1.807) is 6.33 Å². The minimum atomic E-state index is 0.0446. The van der Waals surface area contributed by atoms with E-state index < -0.39 is 0 Å². The van der Waals surface area contributed by atoms with Crippen molar-refractivity contribution in [3.63, 3.8) is 0 Å². The Hall–Kier alpha value is -3.29. The molecule has 1 aromatic heterocycles. The average Bonchev–Trinajstić information content (AvgIpc) is 3.30. The van der Waals surface area contributed by atoms with E-state index in [2.05, 4.69) is 67.8 Å². The molecule has 2 aliphatic rings. The van der Waals surface area contributed by atoms with Gasteiger partial charge in [0.1, 0.15) is 12.2 Å². The van der Waals surface area contributed by atoms with Crippen molar-refractivity contribution in [1.29, 1.82) is 0 Å². The van der Waals surface area contributed by atoms with Crippen molar-refractivity contribution in [2.75, 3.05) is 44.6 Å². The van der Waals surface area contributed by atoms with Crippen LogP contribution in [0.1, 0.15) is 17.0 Å². The van der Waals surface area contributed by atoms with Crippen LogP contribution in [0, 0.1) is 0 Å². The third-order valence-electron chi connectivity index (χ3n) is 6.16. The molecule has 0 unspecified atom stereocenters. The molecule has 0 radical (unpaired) electrons. The highest BCUT2D eigenvalue weighted by molar-refractivity contribution is 5.92. The molecule has 5 rings (SSSR count). The zero-order chi connectivity index (χ0) is 21.8. The number of carbonyl (C=O) groups is 1. The van der Waals surface area contributed by atoms with E-state index >= 15 is 0 Å². The second kappa shape index (κ2) is 9.46. The van der Waals surface area contributed by atoms with Crippen LogP contribution in [0.4, 0.5) is 5.69 Å². The monoisotopic (exact) mass is 428 g/mol. The smallest absolute Gasteiger partial charge is 0.238 e. The highest BCUT2D eigenvalue weighted by Gasteiger charge is 2.20. The minimum Gasteiger partial charge on any atom is -0.325 e. The molecule has 3 heterocycles. The number of fused-ring (bicyclic) bond motifs is 3. The number of aromatic nitrogens is 3. The molecule has 32 heavy (non-hydrogen) atoms. The maximum Gasteiger partial charge on any atom is 0.238 e. The van der Waals surface area contributed by atoms with Crippen LogP contribution < -0.4 is 5.32 Å². The number of hydrogen-bond donors (Lipinski definition) is 1. The van der Waals surface area contributed by atoms with Crippen molar-refractivity contribution >= 4 is 17.7 Å². The van der Waals surface area contributed by atoms with Gasteiger partial charge in [-0.25, -0.2) is 0 Å². The van der Waals surface area contributed by atoms with E-state index in [9.17, 15) is 4.79 Å². The molecule has 1 saturated heterocycles. The lowest BCUT2D eigenvalue weighted by Gasteiger charge is -2.33. The number of piperazine rings is 1. The topological polar surface area (TPSA) is 66.3 Å². The van der Waals surface area contributed by atoms with E-state index in [-0.39, 0.29) is 5.91 Å². The second-order valence-corrected chi connectivity index (χ2v) is 8.40. The lowest BCUT2D eigenvalue weighted by atomic mass is 10.0. The summed E-state index contributed by atoms with van der Waals surface area (Å²) in [6.45, 7) is 5.15. The fourth-order valence-corrected chi connectivity index (χ4v) is 4.41. The Morgan fingerprint density at radius 2 is 1.81 bits per heavy atom. The first-order valence-corrected chi connectivity index (χ1v) is 11.2. The number of nitrogens with zero attached hydrogens (tertiary/aromatic N) is 5. The first kappa shape index (κ1) is 20.6. The van der Waals surface area contributed by atoms with E-state index in [1.165, 1.54) is 11.1 Å². The number of benzene rings is 2. The first-order valence-electron chi connectivity index (χ1n) is 11.2. The van der Waals surface area contributed by atoms with Crippen LogP contribution in [0.25, 0.3) is 11.8 Å². The molecule has 1 N–H and O–H groups in total. The Bertz CT molecular complexity index is 1100. The maximum absolute atomic E-state index is 12.6. The zero-order valence-electron chi connectivity index (χ0n) is 18.2. The molecule has 0 spiro atoms. The molecule has 7 heteroatoms. The van der Waals surface area contributed by atoms with Gasteiger partial charge in [0.25, 0.3) is 0 Å². The number of carbonyl (C=O) groups excluding carboxylic acids is 1. The maximum atomic E-state index is 12.6. The fraction of sp³-hybridized carbons (Fsp3) is 0.320. The predicted octanol–water partition coefficient (Wildman–Crippen LogP) is 2.64. The van der Waals surface area contributed by atoms with Crippen LogP contribution in [-0.4, -0.2) is 69.7 Å². The number of nitrogens with one attached hydrogen (secondary N) is 1. The van der Waals surface area contributed by atoms with Gasteiger partial charge >= 0.3 is 0 Å². The van der Waals surface area contributed by atoms with Gasteiger partial charge in [0.15, 0.2) is 0 Å². The molecule has 2 aromatic carbocycles. The van der Waals surface area contributed by atoms with Crippen LogP contribution in [0.5, 0.6) is 0 Å². The summed E-state index contributed by atoms with van der Waals surface area (Å²) < 4.78 is 2.03. The lowest BCUT2D eigenvalue weighted by molar-refractivity contribution is -0.117. The molecule has 0 aliphatic carbocycles. The molecular formula is C25H28N6O. The van der Waals surface area contributed by atoms with E-state index in [4.69, 9.17) is 0 Å². The third kappa shape index (κ3) is 4.79. The Kier molecular flexibility index (Phi) is 6.09. The molecule has 0 bridgehead atoms. The van der Waals surface area contributed by atoms with Crippen LogP contribution in [0.2, 0.25) is 0 Å². The molecule has 1 amide bonds. The normalized spacial score (nSPS) is 16.6. The summed E-state index contributed by atoms with van der Waals surface area (Å²) in [6.07, 6.45) is 7.93. The van der Waals surface area contributed by atoms with Crippen LogP contribution in [-0.2, 0) is 17.6 Å². The van der Waals surface area contributed by atoms with E-state index in [0.717, 1.165) is 62.8 Å². The SMILES string of the molecule is O=C(CN1CCN(C/C=C/c2ccccc2)CC1)Nc1ccc2c(c1)CCc1nncn1-2. The zero-order valence-corrected chi connectivity index (χ0v) is 18.2. The summed E-state index contributed by atoms with van der Waals surface area (Å²) in [5, 5.41) is 11.2. The van der Waals surface area contributed by atoms with Gasteiger partial charge in [0.05, 0.1) is 12.2 Å². The van der Waals surface area contributed by atoms with Gasteiger partial charge in [0, 0.05) is 44.8 Å². The summed E-state index contributed by atoms with van der Waals surface area (Å²) in [5.41, 5.74) is 4.40. The van der Waals surface area contributed by atoms with Gasteiger partial charge < -0.3 is 5.32 Å².